The van der Waals surface area contributed by atoms with Crippen LogP contribution >= 0.6 is 0 Å². The monoisotopic (exact) mass is 400 g/mol. The molecule has 2 radical (unpaired) electrons. The van der Waals surface area contributed by atoms with Gasteiger partial charge in [0.2, 0.25) is 0 Å². The molecule has 0 aromatic carbocycles. The molecule has 0 aliphatic heterocycles. The normalized spacial score (nSPS) is 19.2. The third-order valence-corrected chi connectivity index (χ3v) is 6.76. The van der Waals surface area contributed by atoms with Gasteiger partial charge in [0.25, 0.3) is 0 Å². The maximum absolute atomic E-state index is 5.98. The summed E-state index contributed by atoms with van der Waals surface area (Å²) in [5.41, 5.74) is 0. The van der Waals surface area contributed by atoms with Crippen molar-refractivity contribution in [2.24, 2.45) is 0 Å². The van der Waals surface area contributed by atoms with Gasteiger partial charge in [-0.3, -0.25) is 0 Å². The summed E-state index contributed by atoms with van der Waals surface area (Å²) in [5.74, 6) is 0. The fourth-order valence-electron chi connectivity index (χ4n) is 1.67. The molecule has 0 aromatic rings. The molecule has 76 valence electrons. The van der Waals surface area contributed by atoms with Crippen molar-refractivity contribution in [1.29, 1.82) is 0 Å². The van der Waals surface area contributed by atoms with Gasteiger partial charge in [0.15, 0.2) is 0 Å². The fourth-order valence-corrected chi connectivity index (χ4v) is 5.15. The zero-order chi connectivity index (χ0) is 9.36. The van der Waals surface area contributed by atoms with Crippen LogP contribution in [0.4, 0.5) is 0 Å². The van der Waals surface area contributed by atoms with E-state index >= 15 is 0 Å². The molecule has 0 unspecified atom stereocenters. The van der Waals surface area contributed by atoms with Crippen LogP contribution in [0.1, 0.15) is 38.5 Å². The number of hydrogen-bond acceptors (Lipinski definition) is 2. The van der Waals surface area contributed by atoms with Crippen molar-refractivity contribution >= 4 is 44.5 Å². The Morgan fingerprint density at radius 3 is 2.69 bits per heavy atom. The van der Waals surface area contributed by atoms with Crippen LogP contribution in [0.25, 0.3) is 0 Å². The molecule has 0 aromatic heterocycles. The Labute approximate surface area is 106 Å². The summed E-state index contributed by atoms with van der Waals surface area (Å²) >= 11 is 0.0571. The molecule has 1 rings (SSSR count). The summed E-state index contributed by atoms with van der Waals surface area (Å²) in [4.78, 5) is 0. The first-order chi connectivity index (χ1) is 6.43. The van der Waals surface area contributed by atoms with Gasteiger partial charge in [0.1, 0.15) is 0 Å². The summed E-state index contributed by atoms with van der Waals surface area (Å²) < 4.78 is 12.5. The summed E-state index contributed by atoms with van der Waals surface area (Å²) in [6.07, 6.45) is 8.83. The van der Waals surface area contributed by atoms with Crippen molar-refractivity contribution in [3.8, 4) is 0 Å². The van der Waals surface area contributed by atoms with E-state index in [1.165, 1.54) is 43.0 Å². The first-order valence-corrected chi connectivity index (χ1v) is 10.6. The quantitative estimate of drug-likeness (QED) is 0.493. The van der Waals surface area contributed by atoms with E-state index in [0.29, 0.717) is 29.0 Å². The van der Waals surface area contributed by atoms with Crippen LogP contribution in [-0.4, -0.2) is 57.2 Å². The van der Waals surface area contributed by atoms with E-state index in [4.69, 9.17) is 6.15 Å². The zero-order valence-corrected chi connectivity index (χ0v) is 15.7. The van der Waals surface area contributed by atoms with E-state index in [9.17, 15) is 0 Å². The van der Waals surface area contributed by atoms with E-state index in [0.717, 1.165) is 6.61 Å². The Morgan fingerprint density at radius 2 is 2.00 bits per heavy atom. The Hall–Kier alpha value is 1.52. The van der Waals surface area contributed by atoms with Gasteiger partial charge in [-0.05, 0) is 0 Å². The second-order valence-electron chi connectivity index (χ2n) is 3.61. The SMILES string of the molecule is [SnH2][O]CC[CH2][SnH][O]C1CCCCC1. The summed E-state index contributed by atoms with van der Waals surface area (Å²) in [6, 6.07) is 0. The van der Waals surface area contributed by atoms with Crippen LogP contribution < -0.4 is 0 Å². The van der Waals surface area contributed by atoms with Gasteiger partial charge < -0.3 is 0 Å². The van der Waals surface area contributed by atoms with E-state index in [2.05, 4.69) is 0 Å². The van der Waals surface area contributed by atoms with Gasteiger partial charge in [-0.15, -0.1) is 0 Å². The molecule has 1 aliphatic carbocycles. The van der Waals surface area contributed by atoms with Gasteiger partial charge in [0.05, 0.1) is 0 Å². The molecule has 4 heteroatoms. The predicted molar refractivity (Wildman–Crippen MR) is 59.0 cm³/mol. The van der Waals surface area contributed by atoms with Gasteiger partial charge >= 0.3 is 106 Å². The Bertz CT molecular complexity index is 116. The predicted octanol–water partition coefficient (Wildman–Crippen LogP) is 1.06. The van der Waals surface area contributed by atoms with Gasteiger partial charge in [-0.25, -0.2) is 0 Å². The van der Waals surface area contributed by atoms with Crippen molar-refractivity contribution in [3.63, 3.8) is 0 Å². The second-order valence-corrected chi connectivity index (χ2v) is 8.15. The Balaban J connectivity index is 1.86. The van der Waals surface area contributed by atoms with E-state index in [1.54, 1.807) is 0 Å². The molecule has 0 heterocycles. The first kappa shape index (κ1) is 12.6. The molecule has 0 N–H and O–H groups in total. The van der Waals surface area contributed by atoms with Crippen molar-refractivity contribution in [2.75, 3.05) is 6.61 Å². The third kappa shape index (κ3) is 6.57. The van der Waals surface area contributed by atoms with Crippen LogP contribution in [0, 0.1) is 0 Å². The molecular formula is C9H20O2Sn2. The number of rotatable bonds is 6. The van der Waals surface area contributed by atoms with Crippen molar-refractivity contribution in [2.45, 2.75) is 49.1 Å². The topological polar surface area (TPSA) is 18.5 Å². The average Bonchev–Trinajstić information content (AvgIpc) is 2.19. The second kappa shape index (κ2) is 8.80. The van der Waals surface area contributed by atoms with E-state index in [1.807, 2.05) is 0 Å². The van der Waals surface area contributed by atoms with Crippen molar-refractivity contribution in [3.05, 3.63) is 0 Å². The molecule has 1 aliphatic rings. The van der Waals surface area contributed by atoms with E-state index in [-0.39, 0.29) is 0 Å². The molecule has 0 atom stereocenters. The molecule has 2 nitrogen and oxygen atoms in total. The van der Waals surface area contributed by atoms with Gasteiger partial charge in [0, 0.05) is 0 Å². The molecule has 1 fully saturated rings. The number of hydrogen-bond donors (Lipinski definition) is 0. The minimum absolute atomic E-state index is 0.641. The third-order valence-electron chi connectivity index (χ3n) is 2.45. The molecule has 1 saturated carbocycles. The summed E-state index contributed by atoms with van der Waals surface area (Å²) in [5, 5.41) is 0. The van der Waals surface area contributed by atoms with Crippen LogP contribution in [0.5, 0.6) is 0 Å². The Morgan fingerprint density at radius 1 is 1.23 bits per heavy atom. The van der Waals surface area contributed by atoms with Crippen molar-refractivity contribution < 1.29 is 6.15 Å². The van der Waals surface area contributed by atoms with Crippen LogP contribution in [0.2, 0.25) is 4.44 Å². The summed E-state index contributed by atoms with van der Waals surface area (Å²) in [7, 11) is 0. The zero-order valence-electron chi connectivity index (χ0n) is 8.34. The molecular weight excluding hydrogens is 378 g/mol. The standard InChI is InChI=1S/C6H11O.C3H6O.2Sn.3H/c7-6-4-2-1-3-5-6;1-2-3-4;;;;;/h6H,1-5H2;1-3H2;;;;;/q2*-1;2*+1;;;. The fraction of sp³-hybridized carbons (Fsp3) is 1.00. The molecule has 0 saturated heterocycles. The minimum atomic E-state index is -0.641. The summed E-state index contributed by atoms with van der Waals surface area (Å²) in [6.45, 7) is 0.992. The van der Waals surface area contributed by atoms with Crippen LogP contribution in [-0.2, 0) is 6.15 Å². The molecule has 0 spiro atoms. The van der Waals surface area contributed by atoms with E-state index < -0.39 is 21.6 Å². The molecule has 0 bridgehead atoms. The molecule has 13 heavy (non-hydrogen) atoms. The average molecular weight is 398 g/mol. The first-order valence-electron chi connectivity index (χ1n) is 5.27. The van der Waals surface area contributed by atoms with Gasteiger partial charge in [-0.2, -0.15) is 0 Å². The van der Waals surface area contributed by atoms with Crippen LogP contribution in [0.15, 0.2) is 0 Å². The Kier molecular flexibility index (Phi) is 8.52. The maximum atomic E-state index is 5.98. The van der Waals surface area contributed by atoms with Crippen molar-refractivity contribution in [1.82, 2.24) is 0 Å². The van der Waals surface area contributed by atoms with Gasteiger partial charge in [-0.1, -0.05) is 0 Å². The van der Waals surface area contributed by atoms with Crippen LogP contribution in [0.3, 0.4) is 0 Å². The molecule has 0 amide bonds.